The fourth-order valence-corrected chi connectivity index (χ4v) is 4.52. The van der Waals surface area contributed by atoms with Crippen molar-refractivity contribution in [2.24, 2.45) is 13.0 Å². The van der Waals surface area contributed by atoms with E-state index in [-0.39, 0.29) is 22.8 Å². The van der Waals surface area contributed by atoms with E-state index in [0.717, 1.165) is 17.3 Å². The summed E-state index contributed by atoms with van der Waals surface area (Å²) in [6.07, 6.45) is 0. The third-order valence-corrected chi connectivity index (χ3v) is 6.08. The number of carbonyl (C=O) groups is 1. The van der Waals surface area contributed by atoms with Crippen molar-refractivity contribution >= 4 is 44.8 Å². The van der Waals surface area contributed by atoms with Crippen LogP contribution in [-0.4, -0.2) is 26.8 Å². The van der Waals surface area contributed by atoms with Gasteiger partial charge in [0.05, 0.1) is 17.2 Å². The van der Waals surface area contributed by atoms with Gasteiger partial charge in [0.25, 0.3) is 5.56 Å². The van der Waals surface area contributed by atoms with Crippen LogP contribution in [0, 0.1) is 28.5 Å². The van der Waals surface area contributed by atoms with E-state index < -0.39 is 11.7 Å². The van der Waals surface area contributed by atoms with Crippen LogP contribution in [0.25, 0.3) is 21.3 Å². The molecule has 0 radical (unpaired) electrons. The number of thiophene rings is 1. The number of Topliss-reactive ketones (excluding diaryl/α,β-unsaturated/α-hetero) is 1. The zero-order valence-electron chi connectivity index (χ0n) is 15.0. The first kappa shape index (κ1) is 19.9. The maximum absolute atomic E-state index is 13.2. The van der Waals surface area contributed by atoms with Crippen LogP contribution in [0.5, 0.6) is 0 Å². The number of aromatic nitrogens is 2. The SMILES string of the molecule is CC(=N)C(C#N)C(=O)CSc1nc2scc(-c3ccc(F)cc3)c2c(=O)n1C. The van der Waals surface area contributed by atoms with Gasteiger partial charge in [-0.05, 0) is 24.6 Å². The average molecular weight is 414 g/mol. The number of carbonyl (C=O) groups excluding carboxylic acids is 1. The molecule has 0 aliphatic rings. The highest BCUT2D eigenvalue weighted by Crippen LogP contribution is 2.32. The molecule has 6 nitrogen and oxygen atoms in total. The normalized spacial score (nSPS) is 11.9. The third kappa shape index (κ3) is 3.74. The standard InChI is InChI=1S/C19H15FN4O2S2/c1-10(22)13(7-21)15(25)9-28-19-23-17-16(18(26)24(19)2)14(8-27-17)11-3-5-12(20)6-4-11/h3-6,8,13,22H,9H2,1-2H3. The molecule has 2 aromatic heterocycles. The lowest BCUT2D eigenvalue weighted by atomic mass is 10.0. The minimum Gasteiger partial charge on any atom is -0.308 e. The van der Waals surface area contributed by atoms with E-state index in [1.165, 1.54) is 35.0 Å². The maximum atomic E-state index is 13.2. The van der Waals surface area contributed by atoms with Crippen molar-refractivity contribution in [3.8, 4) is 17.2 Å². The van der Waals surface area contributed by atoms with Crippen LogP contribution in [0.4, 0.5) is 4.39 Å². The summed E-state index contributed by atoms with van der Waals surface area (Å²) in [4.78, 5) is 30.0. The quantitative estimate of drug-likeness (QED) is 0.377. The summed E-state index contributed by atoms with van der Waals surface area (Å²) in [6, 6.07) is 7.71. The topological polar surface area (TPSA) is 99.6 Å². The van der Waals surface area contributed by atoms with E-state index in [9.17, 15) is 14.0 Å². The number of benzene rings is 1. The largest absolute Gasteiger partial charge is 0.308 e. The molecule has 2 heterocycles. The Morgan fingerprint density at radius 3 is 2.71 bits per heavy atom. The second-order valence-electron chi connectivity index (χ2n) is 6.10. The number of thioether (sulfide) groups is 1. The summed E-state index contributed by atoms with van der Waals surface area (Å²) in [6.45, 7) is 1.42. The molecular formula is C19H15FN4O2S2. The minimum absolute atomic E-state index is 0.00685. The minimum atomic E-state index is -1.08. The Bertz CT molecular complexity index is 1180. The molecule has 1 aromatic carbocycles. The van der Waals surface area contributed by atoms with Gasteiger partial charge in [0.15, 0.2) is 10.9 Å². The lowest BCUT2D eigenvalue weighted by Crippen LogP contribution is -2.23. The second-order valence-corrected chi connectivity index (χ2v) is 7.90. The number of hydrogen-bond acceptors (Lipinski definition) is 7. The van der Waals surface area contributed by atoms with Crippen molar-refractivity contribution in [2.45, 2.75) is 12.1 Å². The molecule has 0 aliphatic heterocycles. The van der Waals surface area contributed by atoms with E-state index in [1.807, 2.05) is 6.07 Å². The van der Waals surface area contributed by atoms with E-state index >= 15 is 0 Å². The average Bonchev–Trinajstić information content (AvgIpc) is 3.08. The summed E-state index contributed by atoms with van der Waals surface area (Å²) in [5.41, 5.74) is 1.14. The molecule has 3 rings (SSSR count). The van der Waals surface area contributed by atoms with Gasteiger partial charge in [-0.15, -0.1) is 11.3 Å². The Morgan fingerprint density at radius 1 is 1.43 bits per heavy atom. The zero-order chi connectivity index (χ0) is 20.4. The number of nitrogens with zero attached hydrogens (tertiary/aromatic N) is 3. The van der Waals surface area contributed by atoms with Crippen molar-refractivity contribution in [1.82, 2.24) is 9.55 Å². The molecule has 142 valence electrons. The Labute approximate surface area is 168 Å². The van der Waals surface area contributed by atoms with Crippen LogP contribution in [0.15, 0.2) is 39.6 Å². The molecule has 0 saturated heterocycles. The molecule has 9 heteroatoms. The highest BCUT2D eigenvalue weighted by Gasteiger charge is 2.22. The number of ketones is 1. The van der Waals surface area contributed by atoms with Gasteiger partial charge < -0.3 is 5.41 Å². The van der Waals surface area contributed by atoms with E-state index in [2.05, 4.69) is 4.98 Å². The van der Waals surface area contributed by atoms with Crippen molar-refractivity contribution in [3.05, 3.63) is 45.8 Å². The first-order valence-corrected chi connectivity index (χ1v) is 10.0. The van der Waals surface area contributed by atoms with Crippen molar-refractivity contribution in [1.29, 1.82) is 10.7 Å². The monoisotopic (exact) mass is 414 g/mol. The zero-order valence-corrected chi connectivity index (χ0v) is 16.7. The van der Waals surface area contributed by atoms with E-state index in [0.29, 0.717) is 20.9 Å². The molecular weight excluding hydrogens is 399 g/mol. The number of nitrogens with one attached hydrogen (secondary N) is 1. The molecule has 0 spiro atoms. The Morgan fingerprint density at radius 2 is 2.11 bits per heavy atom. The third-order valence-electron chi connectivity index (χ3n) is 4.16. The van der Waals surface area contributed by atoms with Crippen LogP contribution in [-0.2, 0) is 11.8 Å². The summed E-state index contributed by atoms with van der Waals surface area (Å²) in [5.74, 6) is -1.89. The Balaban J connectivity index is 1.95. The first-order valence-electron chi connectivity index (χ1n) is 8.17. The molecule has 1 atom stereocenters. The van der Waals surface area contributed by atoms with Gasteiger partial charge >= 0.3 is 0 Å². The van der Waals surface area contributed by atoms with Crippen molar-refractivity contribution in [3.63, 3.8) is 0 Å². The van der Waals surface area contributed by atoms with Gasteiger partial charge in [0, 0.05) is 23.7 Å². The predicted molar refractivity (Wildman–Crippen MR) is 108 cm³/mol. The van der Waals surface area contributed by atoms with Crippen LogP contribution in [0.3, 0.4) is 0 Å². The second kappa shape index (κ2) is 8.04. The Kier molecular flexibility index (Phi) is 5.72. The van der Waals surface area contributed by atoms with Crippen LogP contribution in [0.1, 0.15) is 6.92 Å². The molecule has 0 bridgehead atoms. The molecule has 28 heavy (non-hydrogen) atoms. The van der Waals surface area contributed by atoms with Gasteiger partial charge in [-0.25, -0.2) is 9.37 Å². The highest BCUT2D eigenvalue weighted by atomic mass is 32.2. The molecule has 1 N–H and O–H groups in total. The smallest absolute Gasteiger partial charge is 0.263 e. The molecule has 3 aromatic rings. The highest BCUT2D eigenvalue weighted by molar-refractivity contribution is 7.99. The number of nitriles is 1. The molecule has 0 fully saturated rings. The van der Waals surface area contributed by atoms with Crippen molar-refractivity contribution in [2.75, 3.05) is 5.75 Å². The number of fused-ring (bicyclic) bond motifs is 1. The van der Waals surface area contributed by atoms with Crippen molar-refractivity contribution < 1.29 is 9.18 Å². The maximum Gasteiger partial charge on any atom is 0.263 e. The van der Waals surface area contributed by atoms with Gasteiger partial charge in [0.2, 0.25) is 0 Å². The number of halogens is 1. The molecule has 0 saturated carbocycles. The molecule has 0 amide bonds. The first-order chi connectivity index (χ1) is 13.3. The lowest BCUT2D eigenvalue weighted by molar-refractivity contribution is -0.117. The molecule has 0 aliphatic carbocycles. The van der Waals surface area contributed by atoms with Crippen LogP contribution in [0.2, 0.25) is 0 Å². The van der Waals surface area contributed by atoms with Crippen LogP contribution >= 0.6 is 23.1 Å². The van der Waals surface area contributed by atoms with E-state index in [1.54, 1.807) is 24.6 Å². The van der Waals surface area contributed by atoms with Gasteiger partial charge in [-0.2, -0.15) is 5.26 Å². The summed E-state index contributed by atoms with van der Waals surface area (Å²) in [5, 5.41) is 19.1. The predicted octanol–water partition coefficient (Wildman–Crippen LogP) is 3.64. The van der Waals surface area contributed by atoms with Gasteiger partial charge in [-0.3, -0.25) is 14.2 Å². The van der Waals surface area contributed by atoms with E-state index in [4.69, 9.17) is 10.7 Å². The summed E-state index contributed by atoms with van der Waals surface area (Å²) < 4.78 is 14.5. The fraction of sp³-hybridized carbons (Fsp3) is 0.211. The Hall–Kier alpha value is -2.83. The fourth-order valence-electron chi connectivity index (χ4n) is 2.65. The van der Waals surface area contributed by atoms with Gasteiger partial charge in [0.1, 0.15) is 16.6 Å². The van der Waals surface area contributed by atoms with Gasteiger partial charge in [-0.1, -0.05) is 23.9 Å². The molecule has 1 unspecified atom stereocenters. The lowest BCUT2D eigenvalue weighted by Gasteiger charge is -2.09. The summed E-state index contributed by atoms with van der Waals surface area (Å²) in [7, 11) is 1.57. The number of hydrogen-bond donors (Lipinski definition) is 1. The number of rotatable bonds is 6. The van der Waals surface area contributed by atoms with Crippen LogP contribution < -0.4 is 5.56 Å². The summed E-state index contributed by atoms with van der Waals surface area (Å²) >= 11 is 2.36.